The van der Waals surface area contributed by atoms with E-state index in [1.807, 2.05) is 0 Å². The lowest BCUT2D eigenvalue weighted by Gasteiger charge is -2.17. The first kappa shape index (κ1) is 12.3. The molecule has 0 aromatic heterocycles. The zero-order valence-electron chi connectivity index (χ0n) is 7.78. The molecule has 0 heterocycles. The predicted octanol–water partition coefficient (Wildman–Crippen LogP) is 1.97. The van der Waals surface area contributed by atoms with Crippen molar-refractivity contribution in [1.82, 2.24) is 0 Å². The van der Waals surface area contributed by atoms with Crippen LogP contribution in [0, 0.1) is 5.41 Å². The van der Waals surface area contributed by atoms with Crippen LogP contribution in [0.1, 0.15) is 33.6 Å². The lowest BCUT2D eigenvalue weighted by atomic mass is 9.91. The highest BCUT2D eigenvalue weighted by Gasteiger charge is 2.09. The molecular formula is C7H17O4P. The van der Waals surface area contributed by atoms with Crippen LogP contribution in [0.3, 0.4) is 0 Å². The van der Waals surface area contributed by atoms with Gasteiger partial charge in [0.05, 0.1) is 6.61 Å². The maximum atomic E-state index is 8.28. The van der Waals surface area contributed by atoms with Gasteiger partial charge in [-0.05, 0) is 18.3 Å². The smallest absolute Gasteiger partial charge is 0.327 e. The molecule has 0 fully saturated rings. The van der Waals surface area contributed by atoms with Gasteiger partial charge in [0, 0.05) is 0 Å². The minimum Gasteiger partial charge on any atom is -0.327 e. The first-order valence-electron chi connectivity index (χ1n) is 3.89. The summed E-state index contributed by atoms with van der Waals surface area (Å²) in [5.74, 6) is 0. The molecule has 0 radical (unpaired) electrons. The highest BCUT2D eigenvalue weighted by Crippen LogP contribution is 2.25. The monoisotopic (exact) mass is 196 g/mol. The van der Waals surface area contributed by atoms with Gasteiger partial charge in [-0.2, -0.15) is 4.67 Å². The largest absolute Gasteiger partial charge is 0.357 e. The predicted molar refractivity (Wildman–Crippen MR) is 47.1 cm³/mol. The summed E-state index contributed by atoms with van der Waals surface area (Å²) in [6.45, 7) is 6.81. The summed E-state index contributed by atoms with van der Waals surface area (Å²) in [7, 11) is -2.37. The molecule has 12 heavy (non-hydrogen) atoms. The average Bonchev–Trinajstić information content (AvgIpc) is 1.83. The van der Waals surface area contributed by atoms with Crippen molar-refractivity contribution in [2.75, 3.05) is 6.61 Å². The molecule has 5 heteroatoms. The molecule has 0 saturated heterocycles. The molecule has 0 saturated carbocycles. The Hall–Kier alpha value is 0.270. The van der Waals surface area contributed by atoms with Gasteiger partial charge in [-0.15, -0.1) is 0 Å². The van der Waals surface area contributed by atoms with Crippen LogP contribution in [0.2, 0.25) is 0 Å². The molecule has 0 rings (SSSR count). The Kier molecular flexibility index (Phi) is 5.97. The van der Waals surface area contributed by atoms with Crippen LogP contribution >= 0.6 is 8.60 Å². The minimum atomic E-state index is -2.37. The molecule has 2 N–H and O–H groups in total. The summed E-state index contributed by atoms with van der Waals surface area (Å²) in [5, 5.41) is 0. The standard InChI is InChI=1S/C7H17O4P/c1-7(2,3)5-4-6-10-11-12(8)9/h8-9H,4-6H2,1-3H3. The number of hydrogen-bond acceptors (Lipinski definition) is 4. The first-order chi connectivity index (χ1) is 5.42. The van der Waals surface area contributed by atoms with Crippen molar-refractivity contribution in [2.24, 2.45) is 5.41 Å². The molecular weight excluding hydrogens is 179 g/mol. The van der Waals surface area contributed by atoms with Crippen LogP contribution in [0.25, 0.3) is 0 Å². The fourth-order valence-corrected chi connectivity index (χ4v) is 0.915. The zero-order chi connectivity index (χ0) is 9.61. The molecule has 0 atom stereocenters. The molecule has 0 unspecified atom stereocenters. The average molecular weight is 196 g/mol. The summed E-state index contributed by atoms with van der Waals surface area (Å²) in [4.78, 5) is 21.1. The molecule has 0 aliphatic rings. The Balaban J connectivity index is 3.12. The molecule has 0 aliphatic heterocycles. The van der Waals surface area contributed by atoms with Gasteiger partial charge in [-0.25, -0.2) is 4.89 Å². The lowest BCUT2D eigenvalue weighted by molar-refractivity contribution is -0.214. The van der Waals surface area contributed by atoms with Crippen molar-refractivity contribution in [3.63, 3.8) is 0 Å². The molecule has 0 aliphatic carbocycles. The van der Waals surface area contributed by atoms with Gasteiger partial charge in [0.15, 0.2) is 0 Å². The lowest BCUT2D eigenvalue weighted by Crippen LogP contribution is -2.06. The van der Waals surface area contributed by atoms with Gasteiger partial charge < -0.3 is 9.79 Å². The Morgan fingerprint density at radius 1 is 1.25 bits per heavy atom. The van der Waals surface area contributed by atoms with Gasteiger partial charge in [-0.1, -0.05) is 20.8 Å². The molecule has 0 amide bonds. The quantitative estimate of drug-likeness (QED) is 0.305. The fraction of sp³-hybridized carbons (Fsp3) is 1.00. The van der Waals surface area contributed by atoms with Crippen molar-refractivity contribution in [3.8, 4) is 0 Å². The molecule has 0 bridgehead atoms. The van der Waals surface area contributed by atoms with Crippen molar-refractivity contribution < 1.29 is 19.3 Å². The van der Waals surface area contributed by atoms with E-state index in [9.17, 15) is 0 Å². The van der Waals surface area contributed by atoms with Gasteiger partial charge in [-0.3, -0.25) is 0 Å². The molecule has 0 aromatic carbocycles. The number of rotatable bonds is 5. The summed E-state index contributed by atoms with van der Waals surface area (Å²) >= 11 is 0. The normalized spacial score (nSPS) is 12.5. The van der Waals surface area contributed by atoms with Gasteiger partial charge in [0.25, 0.3) is 0 Å². The van der Waals surface area contributed by atoms with Crippen LogP contribution in [0.4, 0.5) is 0 Å². The Bertz CT molecular complexity index is 110. The van der Waals surface area contributed by atoms with Crippen molar-refractivity contribution in [3.05, 3.63) is 0 Å². The third kappa shape index (κ3) is 10.3. The van der Waals surface area contributed by atoms with E-state index in [2.05, 4.69) is 30.3 Å². The summed E-state index contributed by atoms with van der Waals surface area (Å²) in [6.07, 6.45) is 1.87. The van der Waals surface area contributed by atoms with Gasteiger partial charge in [0.2, 0.25) is 0 Å². The maximum absolute atomic E-state index is 8.28. The van der Waals surface area contributed by atoms with E-state index in [1.165, 1.54) is 0 Å². The molecule has 0 aromatic rings. The Morgan fingerprint density at radius 2 is 1.83 bits per heavy atom. The second-order valence-corrected chi connectivity index (χ2v) is 4.47. The summed E-state index contributed by atoms with van der Waals surface area (Å²) in [6, 6.07) is 0. The summed E-state index contributed by atoms with van der Waals surface area (Å²) < 4.78 is 4.13. The maximum Gasteiger partial charge on any atom is 0.357 e. The molecule has 4 nitrogen and oxygen atoms in total. The van der Waals surface area contributed by atoms with E-state index in [-0.39, 0.29) is 5.41 Å². The second-order valence-electron chi connectivity index (χ2n) is 3.81. The van der Waals surface area contributed by atoms with Crippen LogP contribution in [0.15, 0.2) is 0 Å². The van der Waals surface area contributed by atoms with Crippen LogP contribution in [0.5, 0.6) is 0 Å². The van der Waals surface area contributed by atoms with E-state index in [0.717, 1.165) is 12.8 Å². The Morgan fingerprint density at radius 3 is 2.25 bits per heavy atom. The fourth-order valence-electron chi connectivity index (χ4n) is 0.746. The minimum absolute atomic E-state index is 0.284. The van der Waals surface area contributed by atoms with Gasteiger partial charge in [0.1, 0.15) is 0 Å². The third-order valence-corrected chi connectivity index (χ3v) is 1.51. The zero-order valence-corrected chi connectivity index (χ0v) is 8.67. The van der Waals surface area contributed by atoms with E-state index in [4.69, 9.17) is 9.79 Å². The topological polar surface area (TPSA) is 58.9 Å². The highest BCUT2D eigenvalue weighted by molar-refractivity contribution is 7.39. The van der Waals surface area contributed by atoms with E-state index in [1.54, 1.807) is 0 Å². The van der Waals surface area contributed by atoms with E-state index >= 15 is 0 Å². The SMILES string of the molecule is CC(C)(C)CCCOOP(O)O. The number of hydrogen-bond donors (Lipinski definition) is 2. The van der Waals surface area contributed by atoms with Crippen LogP contribution in [-0.2, 0) is 9.56 Å². The second kappa shape index (κ2) is 5.84. The highest BCUT2D eigenvalue weighted by atomic mass is 31.2. The van der Waals surface area contributed by atoms with E-state index < -0.39 is 8.60 Å². The van der Waals surface area contributed by atoms with Crippen LogP contribution < -0.4 is 0 Å². The molecule has 0 spiro atoms. The van der Waals surface area contributed by atoms with Crippen molar-refractivity contribution >= 4 is 8.60 Å². The Labute approximate surface area is 74.4 Å². The van der Waals surface area contributed by atoms with Crippen molar-refractivity contribution in [1.29, 1.82) is 0 Å². The van der Waals surface area contributed by atoms with E-state index in [0.29, 0.717) is 6.61 Å². The van der Waals surface area contributed by atoms with Crippen LogP contribution in [-0.4, -0.2) is 16.4 Å². The third-order valence-electron chi connectivity index (χ3n) is 1.27. The van der Waals surface area contributed by atoms with Crippen molar-refractivity contribution in [2.45, 2.75) is 33.6 Å². The van der Waals surface area contributed by atoms with Gasteiger partial charge >= 0.3 is 8.60 Å². The first-order valence-corrected chi connectivity index (χ1v) is 5.06. The summed E-state index contributed by atoms with van der Waals surface area (Å²) in [5.41, 5.74) is 0.284. The molecule has 74 valence electrons.